The third-order valence-electron chi connectivity index (χ3n) is 7.10. The van der Waals surface area contributed by atoms with Crippen molar-refractivity contribution < 1.29 is 14.3 Å². The standard InChI is InChI=1S/C21H17ClN2O3S.C10H9ClN2S/c22-16-4-2-1-3-13(16)9-15-11-23-20(28-15)24-19(25)21(7-8-21)14-5-6-17-18(10-14)27-12-26-17;11-9-4-2-1-3-7(9)5-8-6-13-10(12)14-8/h1-6,10-11H,7-9,12H2,(H,23,24,25);1-4,6H,5H2,(H2,12,13). The third-order valence-corrected chi connectivity index (χ3v) is 9.58. The number of carbonyl (C=O) groups is 1. The van der Waals surface area contributed by atoms with Gasteiger partial charge >= 0.3 is 0 Å². The molecule has 7 nitrogen and oxygen atoms in total. The van der Waals surface area contributed by atoms with Crippen LogP contribution in [0, 0.1) is 0 Å². The molecule has 1 amide bonds. The van der Waals surface area contributed by atoms with Crippen LogP contribution in [0.3, 0.4) is 0 Å². The van der Waals surface area contributed by atoms with Gasteiger partial charge in [-0.1, -0.05) is 65.7 Å². The van der Waals surface area contributed by atoms with Crippen molar-refractivity contribution in [3.8, 4) is 11.5 Å². The zero-order chi connectivity index (χ0) is 29.1. The molecule has 5 aromatic rings. The summed E-state index contributed by atoms with van der Waals surface area (Å²) in [5.41, 5.74) is 8.16. The van der Waals surface area contributed by atoms with Crippen molar-refractivity contribution in [1.82, 2.24) is 9.97 Å². The quantitative estimate of drug-likeness (QED) is 0.189. The van der Waals surface area contributed by atoms with E-state index in [1.165, 1.54) is 22.7 Å². The highest BCUT2D eigenvalue weighted by atomic mass is 35.5. The SMILES string of the molecule is Nc1ncc(Cc2ccccc2Cl)s1.O=C(Nc1ncc(Cc2ccccc2Cl)s1)C1(c2ccc3c(c2)OCO3)CC1. The first-order valence-electron chi connectivity index (χ1n) is 13.2. The maximum Gasteiger partial charge on any atom is 0.236 e. The van der Waals surface area contributed by atoms with Gasteiger partial charge in [0.1, 0.15) is 0 Å². The predicted octanol–water partition coefficient (Wildman–Crippen LogP) is 7.76. The van der Waals surface area contributed by atoms with Crippen molar-refractivity contribution in [2.24, 2.45) is 0 Å². The van der Waals surface area contributed by atoms with Crippen LogP contribution in [0.25, 0.3) is 0 Å². The fourth-order valence-corrected chi connectivity index (χ4v) is 6.64. The molecule has 2 aromatic heterocycles. The van der Waals surface area contributed by atoms with Gasteiger partial charge in [0.05, 0.1) is 5.41 Å². The summed E-state index contributed by atoms with van der Waals surface area (Å²) in [5, 5.41) is 5.74. The Bertz CT molecular complexity index is 1730. The number of aromatic nitrogens is 2. The summed E-state index contributed by atoms with van der Waals surface area (Å²) < 4.78 is 10.8. The Morgan fingerprint density at radius 2 is 1.48 bits per heavy atom. The Labute approximate surface area is 261 Å². The molecule has 7 rings (SSSR count). The summed E-state index contributed by atoms with van der Waals surface area (Å²) in [7, 11) is 0. The maximum atomic E-state index is 13.0. The van der Waals surface area contributed by atoms with Crippen molar-refractivity contribution in [3.05, 3.63) is 116 Å². The normalized spacial score (nSPS) is 14.1. The lowest BCUT2D eigenvalue weighted by molar-refractivity contribution is -0.118. The van der Waals surface area contributed by atoms with E-state index in [0.29, 0.717) is 22.4 Å². The summed E-state index contributed by atoms with van der Waals surface area (Å²) in [5.74, 6) is 1.40. The number of nitrogens with zero attached hydrogens (tertiary/aromatic N) is 2. The smallest absolute Gasteiger partial charge is 0.236 e. The molecule has 2 aliphatic rings. The number of amides is 1. The van der Waals surface area contributed by atoms with Gasteiger partial charge in [-0.2, -0.15) is 0 Å². The molecule has 0 radical (unpaired) electrons. The van der Waals surface area contributed by atoms with Gasteiger partial charge in [-0.25, -0.2) is 9.97 Å². The van der Waals surface area contributed by atoms with Crippen LogP contribution in [0.1, 0.15) is 39.3 Å². The highest BCUT2D eigenvalue weighted by Crippen LogP contribution is 2.51. The minimum atomic E-state index is -0.504. The fourth-order valence-electron chi connectivity index (χ4n) is 4.69. The van der Waals surface area contributed by atoms with Crippen LogP contribution < -0.4 is 20.5 Å². The average molecular weight is 638 g/mol. The van der Waals surface area contributed by atoms with Crippen LogP contribution >= 0.6 is 45.9 Å². The number of rotatable bonds is 7. The molecule has 0 unspecified atom stereocenters. The zero-order valence-electron chi connectivity index (χ0n) is 22.3. The molecule has 0 atom stereocenters. The van der Waals surface area contributed by atoms with Crippen molar-refractivity contribution in [2.75, 3.05) is 17.8 Å². The number of anilines is 2. The van der Waals surface area contributed by atoms with Crippen LogP contribution in [0.4, 0.5) is 10.3 Å². The number of nitrogens with two attached hydrogens (primary N) is 1. The number of hydrogen-bond acceptors (Lipinski definition) is 8. The first-order chi connectivity index (χ1) is 20.4. The second-order valence-corrected chi connectivity index (χ2v) is 13.0. The van der Waals surface area contributed by atoms with Crippen molar-refractivity contribution in [1.29, 1.82) is 0 Å². The van der Waals surface area contributed by atoms with E-state index in [0.717, 1.165) is 61.5 Å². The highest BCUT2D eigenvalue weighted by molar-refractivity contribution is 7.15. The van der Waals surface area contributed by atoms with Crippen molar-refractivity contribution in [2.45, 2.75) is 31.1 Å². The van der Waals surface area contributed by atoms with Gasteiger partial charge in [0.25, 0.3) is 0 Å². The molecule has 0 spiro atoms. The molecule has 1 saturated carbocycles. The van der Waals surface area contributed by atoms with Gasteiger partial charge in [-0.3, -0.25) is 4.79 Å². The van der Waals surface area contributed by atoms with E-state index < -0.39 is 5.41 Å². The van der Waals surface area contributed by atoms with E-state index >= 15 is 0 Å². The first kappa shape index (κ1) is 28.5. The van der Waals surface area contributed by atoms with Gasteiger partial charge in [0.15, 0.2) is 21.8 Å². The Hall–Kier alpha value is -3.63. The molecule has 1 aliphatic heterocycles. The number of fused-ring (bicyclic) bond motifs is 1. The fraction of sp³-hybridized carbons (Fsp3) is 0.194. The minimum Gasteiger partial charge on any atom is -0.454 e. The largest absolute Gasteiger partial charge is 0.454 e. The van der Waals surface area contributed by atoms with Crippen LogP contribution in [0.5, 0.6) is 11.5 Å². The summed E-state index contributed by atoms with van der Waals surface area (Å²) >= 11 is 15.2. The van der Waals surface area contributed by atoms with Crippen LogP contribution in [-0.2, 0) is 23.1 Å². The molecule has 3 heterocycles. The number of benzene rings is 3. The number of carbonyl (C=O) groups excluding carboxylic acids is 1. The van der Waals surface area contributed by atoms with Crippen LogP contribution in [0.2, 0.25) is 10.0 Å². The third kappa shape index (κ3) is 6.39. The molecule has 3 N–H and O–H groups in total. The lowest BCUT2D eigenvalue weighted by Crippen LogP contribution is -2.27. The number of hydrogen-bond donors (Lipinski definition) is 2. The topological polar surface area (TPSA) is 99.4 Å². The molecule has 0 saturated heterocycles. The van der Waals surface area contributed by atoms with E-state index in [9.17, 15) is 4.79 Å². The number of nitrogen functional groups attached to an aromatic ring is 1. The Balaban J connectivity index is 0.000000189. The van der Waals surface area contributed by atoms with Gasteiger partial charge in [0.2, 0.25) is 12.7 Å². The molecule has 0 bridgehead atoms. The van der Waals surface area contributed by atoms with E-state index in [-0.39, 0.29) is 12.7 Å². The van der Waals surface area contributed by atoms with Crippen molar-refractivity contribution in [3.63, 3.8) is 0 Å². The predicted molar refractivity (Wildman–Crippen MR) is 169 cm³/mol. The average Bonchev–Trinajstić information content (AvgIpc) is 3.25. The molecule has 3 aromatic carbocycles. The highest BCUT2D eigenvalue weighted by Gasteiger charge is 2.52. The Morgan fingerprint density at radius 3 is 2.10 bits per heavy atom. The lowest BCUT2D eigenvalue weighted by Gasteiger charge is -2.15. The van der Waals surface area contributed by atoms with Gasteiger partial charge in [-0.15, -0.1) is 22.7 Å². The summed E-state index contributed by atoms with van der Waals surface area (Å²) in [6, 6.07) is 21.3. The lowest BCUT2D eigenvalue weighted by atomic mass is 9.94. The minimum absolute atomic E-state index is 0.0231. The molecule has 42 heavy (non-hydrogen) atoms. The maximum absolute atomic E-state index is 13.0. The van der Waals surface area contributed by atoms with Gasteiger partial charge in [0, 0.05) is 45.0 Å². The zero-order valence-corrected chi connectivity index (χ0v) is 25.5. The molecular weight excluding hydrogens is 611 g/mol. The van der Waals surface area contributed by atoms with Gasteiger partial charge in [-0.05, 0) is 53.8 Å². The van der Waals surface area contributed by atoms with E-state index in [1.807, 2.05) is 66.7 Å². The summed E-state index contributed by atoms with van der Waals surface area (Å²) in [6.45, 7) is 0.227. The summed E-state index contributed by atoms with van der Waals surface area (Å²) in [6.07, 6.45) is 6.72. The second-order valence-electron chi connectivity index (χ2n) is 9.94. The number of ether oxygens (including phenoxy) is 2. The second kappa shape index (κ2) is 12.3. The molecule has 11 heteroatoms. The van der Waals surface area contributed by atoms with E-state index in [1.54, 1.807) is 12.4 Å². The molecular formula is C31H26Cl2N4O3S2. The molecule has 1 aliphatic carbocycles. The monoisotopic (exact) mass is 636 g/mol. The molecule has 214 valence electrons. The van der Waals surface area contributed by atoms with Gasteiger partial charge < -0.3 is 20.5 Å². The van der Waals surface area contributed by atoms with E-state index in [2.05, 4.69) is 15.3 Å². The van der Waals surface area contributed by atoms with E-state index in [4.69, 9.17) is 38.4 Å². The number of nitrogens with one attached hydrogen (secondary N) is 1. The number of halogens is 2. The van der Waals surface area contributed by atoms with Crippen molar-refractivity contribution >= 4 is 62.0 Å². The summed E-state index contributed by atoms with van der Waals surface area (Å²) in [4.78, 5) is 23.5. The Morgan fingerprint density at radius 1 is 0.857 bits per heavy atom. The van der Waals surface area contributed by atoms with Crippen LogP contribution in [-0.4, -0.2) is 22.7 Å². The van der Waals surface area contributed by atoms with Crippen LogP contribution in [0.15, 0.2) is 79.1 Å². The molecule has 1 fully saturated rings. The first-order valence-corrected chi connectivity index (χ1v) is 15.6. The Kier molecular flexibility index (Phi) is 8.35. The number of thiazole rings is 2.